The van der Waals surface area contributed by atoms with Gasteiger partial charge in [-0.1, -0.05) is 25.0 Å². The molecule has 84 valence electrons. The van der Waals surface area contributed by atoms with Gasteiger partial charge in [0.05, 0.1) is 12.5 Å². The van der Waals surface area contributed by atoms with Gasteiger partial charge < -0.3 is 10.4 Å². The summed E-state index contributed by atoms with van der Waals surface area (Å²) in [6.45, 7) is 1.92. The molecule has 0 heterocycles. The van der Waals surface area contributed by atoms with Gasteiger partial charge in [-0.15, -0.1) is 6.42 Å². The van der Waals surface area contributed by atoms with Gasteiger partial charge in [0.2, 0.25) is 5.91 Å². The molecule has 1 aromatic carbocycles. The number of amides is 1. The van der Waals surface area contributed by atoms with Crippen LogP contribution < -0.4 is 5.32 Å². The Labute approximate surface area is 95.5 Å². The molecule has 0 aromatic heterocycles. The second kappa shape index (κ2) is 5.82. The highest BCUT2D eigenvalue weighted by molar-refractivity contribution is 5.79. The first-order valence-corrected chi connectivity index (χ1v) is 5.19. The Balaban J connectivity index is 2.52. The fourth-order valence-corrected chi connectivity index (χ4v) is 1.31. The Morgan fingerprint density at radius 1 is 1.50 bits per heavy atom. The summed E-state index contributed by atoms with van der Waals surface area (Å²) in [5, 5.41) is 11.8. The van der Waals surface area contributed by atoms with Gasteiger partial charge in [0, 0.05) is 0 Å². The molecule has 3 nitrogen and oxygen atoms in total. The molecule has 2 N–H and O–H groups in total. The smallest absolute Gasteiger partial charge is 0.225 e. The van der Waals surface area contributed by atoms with Gasteiger partial charge in [-0.3, -0.25) is 4.79 Å². The Bertz CT molecular complexity index is 389. The summed E-state index contributed by atoms with van der Waals surface area (Å²) < 4.78 is 0. The van der Waals surface area contributed by atoms with Gasteiger partial charge in [0.15, 0.2) is 0 Å². The minimum Gasteiger partial charge on any atom is -0.508 e. The summed E-state index contributed by atoms with van der Waals surface area (Å²) >= 11 is 0. The molecule has 0 radical (unpaired) electrons. The fourth-order valence-electron chi connectivity index (χ4n) is 1.31. The van der Waals surface area contributed by atoms with Crippen molar-refractivity contribution < 1.29 is 9.90 Å². The van der Waals surface area contributed by atoms with E-state index in [-0.39, 0.29) is 24.1 Å². The van der Waals surface area contributed by atoms with Crippen LogP contribution >= 0.6 is 0 Å². The highest BCUT2D eigenvalue weighted by atomic mass is 16.3. The number of benzene rings is 1. The topological polar surface area (TPSA) is 49.3 Å². The quantitative estimate of drug-likeness (QED) is 0.750. The molecule has 1 rings (SSSR count). The van der Waals surface area contributed by atoms with Crippen molar-refractivity contribution in [3.8, 4) is 18.1 Å². The molecule has 0 saturated carbocycles. The molecule has 16 heavy (non-hydrogen) atoms. The molecule has 0 aliphatic heterocycles. The van der Waals surface area contributed by atoms with Gasteiger partial charge in [0.25, 0.3) is 0 Å². The van der Waals surface area contributed by atoms with E-state index in [1.165, 1.54) is 0 Å². The molecule has 1 aromatic rings. The molecule has 1 atom stereocenters. The molecule has 0 aliphatic rings. The largest absolute Gasteiger partial charge is 0.508 e. The first-order valence-electron chi connectivity index (χ1n) is 5.19. The van der Waals surface area contributed by atoms with Gasteiger partial charge in [-0.05, 0) is 24.1 Å². The molecule has 0 aliphatic carbocycles. The van der Waals surface area contributed by atoms with E-state index < -0.39 is 0 Å². The third-order valence-electron chi connectivity index (χ3n) is 2.25. The summed E-state index contributed by atoms with van der Waals surface area (Å²) in [6.07, 6.45) is 6.24. The van der Waals surface area contributed by atoms with Crippen LogP contribution in [0.15, 0.2) is 24.3 Å². The van der Waals surface area contributed by atoms with Crippen molar-refractivity contribution in [3.05, 3.63) is 29.8 Å². The third kappa shape index (κ3) is 3.66. The average molecular weight is 217 g/mol. The molecule has 0 saturated heterocycles. The highest BCUT2D eigenvalue weighted by Gasteiger charge is 2.07. The lowest BCUT2D eigenvalue weighted by molar-refractivity contribution is -0.120. The molecular formula is C13H15NO2. The number of nitrogens with one attached hydrogen (secondary N) is 1. The van der Waals surface area contributed by atoms with Gasteiger partial charge in [0.1, 0.15) is 5.75 Å². The zero-order chi connectivity index (χ0) is 12.0. The van der Waals surface area contributed by atoms with Crippen molar-refractivity contribution in [1.82, 2.24) is 5.32 Å². The second-order valence-electron chi connectivity index (χ2n) is 3.54. The minimum absolute atomic E-state index is 0.101. The monoisotopic (exact) mass is 217 g/mol. The summed E-state index contributed by atoms with van der Waals surface area (Å²) in [4.78, 5) is 11.6. The molecule has 1 unspecified atom stereocenters. The molecule has 3 heteroatoms. The Kier molecular flexibility index (Phi) is 4.41. The number of phenolic OH excluding ortho intramolecular Hbond substituents is 1. The predicted molar refractivity (Wildman–Crippen MR) is 62.9 cm³/mol. The first kappa shape index (κ1) is 12.1. The van der Waals surface area contributed by atoms with Crippen molar-refractivity contribution in [2.75, 3.05) is 0 Å². The average Bonchev–Trinajstić information content (AvgIpc) is 2.29. The minimum atomic E-state index is -0.204. The number of hydrogen-bond acceptors (Lipinski definition) is 2. The van der Waals surface area contributed by atoms with Crippen LogP contribution in [0.3, 0.4) is 0 Å². The molecule has 1 amide bonds. The zero-order valence-corrected chi connectivity index (χ0v) is 9.23. The van der Waals surface area contributed by atoms with Crippen LogP contribution in [0.4, 0.5) is 0 Å². The maximum atomic E-state index is 11.6. The summed E-state index contributed by atoms with van der Waals surface area (Å²) in [5.74, 6) is 2.60. The van der Waals surface area contributed by atoms with Crippen LogP contribution in [0, 0.1) is 12.3 Å². The van der Waals surface area contributed by atoms with E-state index in [1.54, 1.807) is 24.3 Å². The summed E-state index contributed by atoms with van der Waals surface area (Å²) in [6, 6.07) is 6.34. The molecule has 0 fully saturated rings. The van der Waals surface area contributed by atoms with Crippen molar-refractivity contribution in [1.29, 1.82) is 0 Å². The SMILES string of the molecule is C#CC(CC)NC(=O)Cc1ccc(O)cc1. The molecule has 0 bridgehead atoms. The maximum Gasteiger partial charge on any atom is 0.225 e. The third-order valence-corrected chi connectivity index (χ3v) is 2.25. The van der Waals surface area contributed by atoms with Crippen LogP contribution in [0.5, 0.6) is 5.75 Å². The van der Waals surface area contributed by atoms with Crippen molar-refractivity contribution in [3.63, 3.8) is 0 Å². The van der Waals surface area contributed by atoms with Gasteiger partial charge in [-0.25, -0.2) is 0 Å². The van der Waals surface area contributed by atoms with E-state index in [0.717, 1.165) is 12.0 Å². The Morgan fingerprint density at radius 3 is 2.62 bits per heavy atom. The normalized spacial score (nSPS) is 11.5. The van der Waals surface area contributed by atoms with Crippen LogP contribution in [0.2, 0.25) is 0 Å². The lowest BCUT2D eigenvalue weighted by atomic mass is 10.1. The van der Waals surface area contributed by atoms with Crippen molar-refractivity contribution in [2.24, 2.45) is 0 Å². The number of aromatic hydroxyl groups is 1. The summed E-state index contributed by atoms with van der Waals surface area (Å²) in [7, 11) is 0. The number of carbonyl (C=O) groups is 1. The lowest BCUT2D eigenvalue weighted by Crippen LogP contribution is -2.34. The van der Waals surface area contributed by atoms with Crippen LogP contribution in [-0.2, 0) is 11.2 Å². The fraction of sp³-hybridized carbons (Fsp3) is 0.308. The van der Waals surface area contributed by atoms with E-state index in [0.29, 0.717) is 0 Å². The van der Waals surface area contributed by atoms with Crippen molar-refractivity contribution >= 4 is 5.91 Å². The number of phenols is 1. The van der Waals surface area contributed by atoms with Gasteiger partial charge in [-0.2, -0.15) is 0 Å². The van der Waals surface area contributed by atoms with Crippen molar-refractivity contribution in [2.45, 2.75) is 25.8 Å². The van der Waals surface area contributed by atoms with E-state index in [1.807, 2.05) is 6.92 Å². The number of rotatable bonds is 4. The second-order valence-corrected chi connectivity index (χ2v) is 3.54. The molecule has 0 spiro atoms. The van der Waals surface area contributed by atoms with E-state index >= 15 is 0 Å². The Morgan fingerprint density at radius 2 is 2.12 bits per heavy atom. The van der Waals surface area contributed by atoms with E-state index in [4.69, 9.17) is 11.5 Å². The van der Waals surface area contributed by atoms with Crippen LogP contribution in [0.1, 0.15) is 18.9 Å². The Hall–Kier alpha value is -1.95. The predicted octanol–water partition coefficient (Wildman–Crippen LogP) is 1.46. The van der Waals surface area contributed by atoms with Crippen LogP contribution in [-0.4, -0.2) is 17.1 Å². The molecular weight excluding hydrogens is 202 g/mol. The van der Waals surface area contributed by atoms with E-state index in [9.17, 15) is 4.79 Å². The highest BCUT2D eigenvalue weighted by Crippen LogP contribution is 2.09. The van der Waals surface area contributed by atoms with Gasteiger partial charge >= 0.3 is 0 Å². The number of terminal acetylenes is 1. The first-order chi connectivity index (χ1) is 7.65. The zero-order valence-electron chi connectivity index (χ0n) is 9.23. The van der Waals surface area contributed by atoms with E-state index in [2.05, 4.69) is 11.2 Å². The standard InChI is InChI=1S/C13H15NO2/c1-3-11(4-2)14-13(16)9-10-5-7-12(15)8-6-10/h1,5-8,11,15H,4,9H2,2H3,(H,14,16). The maximum absolute atomic E-state index is 11.6. The number of hydrogen-bond donors (Lipinski definition) is 2. The summed E-state index contributed by atoms with van der Waals surface area (Å²) in [5.41, 5.74) is 0.849. The number of carbonyl (C=O) groups excluding carboxylic acids is 1. The lowest BCUT2D eigenvalue weighted by Gasteiger charge is -2.10. The van der Waals surface area contributed by atoms with Crippen LogP contribution in [0.25, 0.3) is 0 Å².